The van der Waals surface area contributed by atoms with Gasteiger partial charge >= 0.3 is 0 Å². The third-order valence-corrected chi connectivity index (χ3v) is 3.66. The normalized spacial score (nSPS) is 12.5. The minimum Gasteiger partial charge on any atom is -0.472 e. The average Bonchev–Trinajstić information content (AvgIpc) is 2.89. The van der Waals surface area contributed by atoms with Crippen LogP contribution in [0.3, 0.4) is 0 Å². The van der Waals surface area contributed by atoms with Gasteiger partial charge in [0.15, 0.2) is 0 Å². The van der Waals surface area contributed by atoms with Gasteiger partial charge in [0.1, 0.15) is 0 Å². The van der Waals surface area contributed by atoms with Crippen LogP contribution >= 0.6 is 11.8 Å². The molecule has 3 heteroatoms. The molecule has 90 valence electrons. The summed E-state index contributed by atoms with van der Waals surface area (Å²) in [6.45, 7) is 3.09. The van der Waals surface area contributed by atoms with Gasteiger partial charge in [-0.3, -0.25) is 0 Å². The van der Waals surface area contributed by atoms with Gasteiger partial charge in [0.25, 0.3) is 0 Å². The summed E-state index contributed by atoms with van der Waals surface area (Å²) in [5, 5.41) is 3.47. The van der Waals surface area contributed by atoms with Crippen molar-refractivity contribution in [1.29, 1.82) is 0 Å². The van der Waals surface area contributed by atoms with Crippen molar-refractivity contribution >= 4 is 11.8 Å². The van der Waals surface area contributed by atoms with Crippen LogP contribution in [0.1, 0.15) is 18.5 Å². The number of rotatable bonds is 6. The molecule has 0 amide bonds. The maximum absolute atomic E-state index is 5.14. The predicted octanol–water partition coefficient (Wildman–Crippen LogP) is 3.72. The smallest absolute Gasteiger partial charge is 0.0950 e. The zero-order chi connectivity index (χ0) is 11.9. The van der Waals surface area contributed by atoms with Crippen molar-refractivity contribution < 1.29 is 4.42 Å². The first-order valence-corrected chi connectivity index (χ1v) is 6.82. The van der Waals surface area contributed by atoms with Crippen molar-refractivity contribution in [1.82, 2.24) is 5.32 Å². The van der Waals surface area contributed by atoms with Crippen molar-refractivity contribution in [3.63, 3.8) is 0 Å². The Labute approximate surface area is 106 Å². The molecule has 0 fully saturated rings. The molecule has 0 aliphatic rings. The van der Waals surface area contributed by atoms with Crippen LogP contribution in [0.15, 0.2) is 58.2 Å². The van der Waals surface area contributed by atoms with E-state index in [2.05, 4.69) is 36.5 Å². The molecule has 0 bridgehead atoms. The third kappa shape index (κ3) is 3.65. The van der Waals surface area contributed by atoms with Crippen molar-refractivity contribution in [2.45, 2.75) is 17.9 Å². The molecule has 0 aliphatic heterocycles. The fourth-order valence-corrected chi connectivity index (χ4v) is 2.71. The van der Waals surface area contributed by atoms with Crippen molar-refractivity contribution in [2.24, 2.45) is 0 Å². The summed E-state index contributed by atoms with van der Waals surface area (Å²) in [6.07, 6.45) is 3.55. The van der Waals surface area contributed by atoms with E-state index >= 15 is 0 Å². The number of hydrogen-bond donors (Lipinski definition) is 1. The molecule has 1 atom stereocenters. The predicted molar refractivity (Wildman–Crippen MR) is 72.3 cm³/mol. The topological polar surface area (TPSA) is 25.2 Å². The fourth-order valence-electron chi connectivity index (χ4n) is 1.69. The largest absolute Gasteiger partial charge is 0.472 e. The Balaban J connectivity index is 1.95. The molecule has 17 heavy (non-hydrogen) atoms. The molecule has 0 saturated carbocycles. The zero-order valence-corrected chi connectivity index (χ0v) is 10.7. The number of nitrogens with one attached hydrogen (secondary N) is 1. The third-order valence-electron chi connectivity index (χ3n) is 2.56. The molecule has 2 rings (SSSR count). The molecule has 1 aromatic heterocycles. The molecule has 0 spiro atoms. The SMILES string of the molecule is CCNC(CSc1ccccc1)c1ccoc1. The Morgan fingerprint density at radius 1 is 1.24 bits per heavy atom. The van der Waals surface area contributed by atoms with Crippen LogP contribution in [0.4, 0.5) is 0 Å². The maximum Gasteiger partial charge on any atom is 0.0950 e. The summed E-state index contributed by atoms with van der Waals surface area (Å²) >= 11 is 1.86. The van der Waals surface area contributed by atoms with Gasteiger partial charge < -0.3 is 9.73 Å². The monoisotopic (exact) mass is 247 g/mol. The lowest BCUT2D eigenvalue weighted by Crippen LogP contribution is -2.22. The minimum absolute atomic E-state index is 0.351. The fraction of sp³-hybridized carbons (Fsp3) is 0.286. The Morgan fingerprint density at radius 2 is 2.06 bits per heavy atom. The molecule has 1 unspecified atom stereocenters. The lowest BCUT2D eigenvalue weighted by Gasteiger charge is -2.15. The number of furan rings is 1. The van der Waals surface area contributed by atoms with E-state index in [1.807, 2.05) is 30.2 Å². The van der Waals surface area contributed by atoms with E-state index in [0.29, 0.717) is 6.04 Å². The van der Waals surface area contributed by atoms with Crippen molar-refractivity contribution in [3.8, 4) is 0 Å². The average molecular weight is 247 g/mol. The second-order valence-corrected chi connectivity index (χ2v) is 4.88. The van der Waals surface area contributed by atoms with Crippen LogP contribution in [0.25, 0.3) is 0 Å². The summed E-state index contributed by atoms with van der Waals surface area (Å²) < 4.78 is 5.14. The van der Waals surface area contributed by atoms with E-state index in [9.17, 15) is 0 Å². The van der Waals surface area contributed by atoms with Crippen LogP contribution in [0, 0.1) is 0 Å². The Bertz CT molecular complexity index is 413. The van der Waals surface area contributed by atoms with Gasteiger partial charge in [-0.15, -0.1) is 11.8 Å². The van der Waals surface area contributed by atoms with Crippen LogP contribution in [-0.2, 0) is 0 Å². The van der Waals surface area contributed by atoms with Crippen molar-refractivity contribution in [2.75, 3.05) is 12.3 Å². The Hall–Kier alpha value is -1.19. The van der Waals surface area contributed by atoms with E-state index in [1.54, 1.807) is 6.26 Å². The molecular weight excluding hydrogens is 230 g/mol. The molecule has 1 aromatic carbocycles. The summed E-state index contributed by atoms with van der Waals surface area (Å²) in [5.74, 6) is 1.01. The number of thioether (sulfide) groups is 1. The summed E-state index contributed by atoms with van der Waals surface area (Å²) in [4.78, 5) is 1.30. The van der Waals surface area contributed by atoms with Crippen LogP contribution < -0.4 is 5.32 Å². The van der Waals surface area contributed by atoms with Gasteiger partial charge in [0.05, 0.1) is 12.5 Å². The van der Waals surface area contributed by atoms with E-state index < -0.39 is 0 Å². The van der Waals surface area contributed by atoms with Gasteiger partial charge in [0.2, 0.25) is 0 Å². The second kappa shape index (κ2) is 6.52. The Kier molecular flexibility index (Phi) is 4.71. The molecule has 1 heterocycles. The summed E-state index contributed by atoms with van der Waals surface area (Å²) in [6, 6.07) is 12.8. The number of benzene rings is 1. The summed E-state index contributed by atoms with van der Waals surface area (Å²) in [5.41, 5.74) is 1.22. The first-order chi connectivity index (χ1) is 8.40. The lowest BCUT2D eigenvalue weighted by atomic mass is 10.2. The minimum atomic E-state index is 0.351. The highest BCUT2D eigenvalue weighted by Crippen LogP contribution is 2.24. The van der Waals surface area contributed by atoms with Crippen LogP contribution in [0.2, 0.25) is 0 Å². The van der Waals surface area contributed by atoms with Gasteiger partial charge in [-0.2, -0.15) is 0 Å². The molecule has 0 radical (unpaired) electrons. The number of hydrogen-bond acceptors (Lipinski definition) is 3. The van der Waals surface area contributed by atoms with Crippen LogP contribution in [-0.4, -0.2) is 12.3 Å². The highest BCUT2D eigenvalue weighted by Gasteiger charge is 2.11. The Morgan fingerprint density at radius 3 is 2.71 bits per heavy atom. The van der Waals surface area contributed by atoms with E-state index in [-0.39, 0.29) is 0 Å². The van der Waals surface area contributed by atoms with Gasteiger partial charge in [-0.25, -0.2) is 0 Å². The van der Waals surface area contributed by atoms with E-state index in [4.69, 9.17) is 4.42 Å². The van der Waals surface area contributed by atoms with Crippen LogP contribution in [0.5, 0.6) is 0 Å². The van der Waals surface area contributed by atoms with E-state index in [0.717, 1.165) is 12.3 Å². The first-order valence-electron chi connectivity index (χ1n) is 5.83. The van der Waals surface area contributed by atoms with Gasteiger partial charge in [0, 0.05) is 22.3 Å². The highest BCUT2D eigenvalue weighted by atomic mass is 32.2. The highest BCUT2D eigenvalue weighted by molar-refractivity contribution is 7.99. The second-order valence-electron chi connectivity index (χ2n) is 3.79. The first kappa shape index (κ1) is 12.3. The standard InChI is InChI=1S/C14H17NOS/c1-2-15-14(12-8-9-16-10-12)11-17-13-6-4-3-5-7-13/h3-10,14-15H,2,11H2,1H3. The molecule has 0 aliphatic carbocycles. The quantitative estimate of drug-likeness (QED) is 0.788. The lowest BCUT2D eigenvalue weighted by molar-refractivity contribution is 0.548. The molecule has 1 N–H and O–H groups in total. The van der Waals surface area contributed by atoms with Gasteiger partial charge in [-0.1, -0.05) is 25.1 Å². The molecule has 2 nitrogen and oxygen atoms in total. The molecule has 0 saturated heterocycles. The zero-order valence-electron chi connectivity index (χ0n) is 9.93. The van der Waals surface area contributed by atoms with Gasteiger partial charge in [-0.05, 0) is 24.7 Å². The molecule has 2 aromatic rings. The molecular formula is C14H17NOS. The van der Waals surface area contributed by atoms with E-state index in [1.165, 1.54) is 10.5 Å². The van der Waals surface area contributed by atoms with Crippen molar-refractivity contribution in [3.05, 3.63) is 54.5 Å². The maximum atomic E-state index is 5.14. The summed E-state index contributed by atoms with van der Waals surface area (Å²) in [7, 11) is 0.